The molecule has 0 atom stereocenters. The van der Waals surface area contributed by atoms with Crippen LogP contribution in [-0.2, 0) is 10.0 Å². The minimum absolute atomic E-state index is 0.190. The number of carbonyl (C=O) groups is 1. The predicted octanol–water partition coefficient (Wildman–Crippen LogP) is 2.64. The van der Waals surface area contributed by atoms with Gasteiger partial charge in [-0.2, -0.15) is 4.31 Å². The van der Waals surface area contributed by atoms with E-state index in [9.17, 15) is 13.2 Å². The zero-order valence-electron chi connectivity index (χ0n) is 14.1. The fourth-order valence-electron chi connectivity index (χ4n) is 3.60. The van der Waals surface area contributed by atoms with Gasteiger partial charge in [0.05, 0.1) is 0 Å². The summed E-state index contributed by atoms with van der Waals surface area (Å²) in [4.78, 5) is 15.4. The molecule has 1 saturated carbocycles. The van der Waals surface area contributed by atoms with Gasteiger partial charge in [-0.05, 0) is 31.7 Å². The Balaban J connectivity index is 1.66. The van der Waals surface area contributed by atoms with E-state index in [1.54, 1.807) is 0 Å². The number of rotatable bonds is 4. The Morgan fingerprint density at radius 1 is 1.04 bits per heavy atom. The normalized spacial score (nSPS) is 21.3. The summed E-state index contributed by atoms with van der Waals surface area (Å²) < 4.78 is 26.8. The number of sulfonamides is 1. The lowest BCUT2D eigenvalue weighted by Gasteiger charge is -2.25. The van der Waals surface area contributed by atoms with Crippen molar-refractivity contribution in [3.8, 4) is 0 Å². The number of amides is 1. The number of carbonyl (C=O) groups excluding carboxylic acids is 1. The Kier molecular flexibility index (Phi) is 5.61. The van der Waals surface area contributed by atoms with E-state index >= 15 is 0 Å². The van der Waals surface area contributed by atoms with E-state index in [4.69, 9.17) is 0 Å². The van der Waals surface area contributed by atoms with Gasteiger partial charge in [0.1, 0.15) is 10.6 Å². The summed E-state index contributed by atoms with van der Waals surface area (Å²) in [6.45, 7) is 1.13. The largest absolute Gasteiger partial charge is 0.356 e. The number of hydrogen-bond acceptors (Lipinski definition) is 3. The molecule has 2 fully saturated rings. The van der Waals surface area contributed by atoms with Gasteiger partial charge in [-0.25, -0.2) is 8.42 Å². The van der Waals surface area contributed by atoms with Gasteiger partial charge in [-0.15, -0.1) is 0 Å². The zero-order chi connectivity index (χ0) is 17.0. The predicted molar refractivity (Wildman–Crippen MR) is 92.4 cm³/mol. The van der Waals surface area contributed by atoms with Crippen LogP contribution in [0.25, 0.3) is 0 Å². The van der Waals surface area contributed by atoms with Crippen LogP contribution >= 0.6 is 0 Å². The van der Waals surface area contributed by atoms with Crippen molar-refractivity contribution in [3.63, 3.8) is 0 Å². The van der Waals surface area contributed by atoms with Gasteiger partial charge in [-0.1, -0.05) is 32.1 Å². The molecule has 1 aliphatic heterocycles. The molecule has 1 aliphatic carbocycles. The van der Waals surface area contributed by atoms with Gasteiger partial charge in [-0.3, -0.25) is 4.79 Å². The Bertz CT molecular complexity index is 654. The summed E-state index contributed by atoms with van der Waals surface area (Å²) in [6.07, 6.45) is 11.1. The molecule has 0 aromatic carbocycles. The van der Waals surface area contributed by atoms with E-state index < -0.39 is 10.0 Å². The lowest BCUT2D eigenvalue weighted by Crippen LogP contribution is -2.35. The van der Waals surface area contributed by atoms with E-state index in [2.05, 4.69) is 10.3 Å². The molecule has 3 rings (SSSR count). The van der Waals surface area contributed by atoms with Crippen LogP contribution in [0.3, 0.4) is 0 Å². The molecule has 0 bridgehead atoms. The van der Waals surface area contributed by atoms with Crippen LogP contribution in [0.1, 0.15) is 68.3 Å². The maximum absolute atomic E-state index is 12.6. The lowest BCUT2D eigenvalue weighted by atomic mass is 10.1. The molecular formula is C17H27N3O3S. The van der Waals surface area contributed by atoms with Crippen LogP contribution in [0.5, 0.6) is 0 Å². The molecule has 1 saturated heterocycles. The number of nitrogens with one attached hydrogen (secondary N) is 2. The molecule has 6 nitrogen and oxygen atoms in total. The molecule has 24 heavy (non-hydrogen) atoms. The summed E-state index contributed by atoms with van der Waals surface area (Å²) in [6, 6.07) is 1.67. The Morgan fingerprint density at radius 3 is 2.33 bits per heavy atom. The fraction of sp³-hybridized carbons (Fsp3) is 0.706. The molecule has 2 N–H and O–H groups in total. The van der Waals surface area contributed by atoms with Gasteiger partial charge >= 0.3 is 0 Å². The fourth-order valence-corrected chi connectivity index (χ4v) is 5.11. The van der Waals surface area contributed by atoms with Crippen molar-refractivity contribution in [1.29, 1.82) is 0 Å². The van der Waals surface area contributed by atoms with E-state index in [0.29, 0.717) is 18.8 Å². The first-order valence-electron chi connectivity index (χ1n) is 9.07. The summed E-state index contributed by atoms with van der Waals surface area (Å²) >= 11 is 0. The third-order valence-electron chi connectivity index (χ3n) is 5.04. The molecular weight excluding hydrogens is 326 g/mol. The van der Waals surface area contributed by atoms with Gasteiger partial charge in [0.15, 0.2) is 0 Å². The highest BCUT2D eigenvalue weighted by atomic mass is 32.2. The third-order valence-corrected chi connectivity index (χ3v) is 6.92. The number of aromatic nitrogens is 1. The second-order valence-electron chi connectivity index (χ2n) is 6.88. The van der Waals surface area contributed by atoms with E-state index in [-0.39, 0.29) is 16.8 Å². The number of hydrogen-bond donors (Lipinski definition) is 2. The molecule has 134 valence electrons. The summed E-state index contributed by atoms with van der Waals surface area (Å²) in [5.74, 6) is -0.206. The number of piperidine rings is 1. The number of nitrogens with zero attached hydrogens (tertiary/aromatic N) is 1. The third kappa shape index (κ3) is 4.00. The molecule has 1 aromatic rings. The first-order chi connectivity index (χ1) is 11.6. The van der Waals surface area contributed by atoms with Crippen molar-refractivity contribution in [1.82, 2.24) is 14.6 Å². The maximum atomic E-state index is 12.6. The van der Waals surface area contributed by atoms with Crippen molar-refractivity contribution < 1.29 is 13.2 Å². The van der Waals surface area contributed by atoms with Crippen molar-refractivity contribution in [2.75, 3.05) is 13.1 Å². The molecule has 2 heterocycles. The minimum atomic E-state index is -3.49. The van der Waals surface area contributed by atoms with Crippen molar-refractivity contribution in [2.24, 2.45) is 0 Å². The Morgan fingerprint density at radius 2 is 1.67 bits per heavy atom. The van der Waals surface area contributed by atoms with Crippen molar-refractivity contribution >= 4 is 15.9 Å². The second-order valence-corrected chi connectivity index (χ2v) is 8.81. The molecule has 1 amide bonds. The summed E-state index contributed by atoms with van der Waals surface area (Å²) in [5, 5.41) is 3.04. The molecule has 0 unspecified atom stereocenters. The Labute approximate surface area is 144 Å². The molecule has 7 heteroatoms. The van der Waals surface area contributed by atoms with Crippen molar-refractivity contribution in [2.45, 2.75) is 68.7 Å². The molecule has 0 radical (unpaired) electrons. The SMILES string of the molecule is O=C(NC1CCCCCC1)c1cc(S(=O)(=O)N2CCCCC2)c[nH]1. The highest BCUT2D eigenvalue weighted by Gasteiger charge is 2.28. The van der Waals surface area contributed by atoms with E-state index in [0.717, 1.165) is 44.9 Å². The zero-order valence-corrected chi connectivity index (χ0v) is 14.9. The number of aromatic amines is 1. The quantitative estimate of drug-likeness (QED) is 0.817. The van der Waals surface area contributed by atoms with E-state index in [1.165, 1.54) is 29.4 Å². The van der Waals surface area contributed by atoms with Crippen LogP contribution in [0.15, 0.2) is 17.2 Å². The smallest absolute Gasteiger partial charge is 0.267 e. The average molecular weight is 353 g/mol. The minimum Gasteiger partial charge on any atom is -0.356 e. The first kappa shape index (κ1) is 17.5. The lowest BCUT2D eigenvalue weighted by molar-refractivity contribution is 0.0929. The van der Waals surface area contributed by atoms with Crippen LogP contribution < -0.4 is 5.32 Å². The van der Waals surface area contributed by atoms with Gasteiger partial charge < -0.3 is 10.3 Å². The average Bonchev–Trinajstić information content (AvgIpc) is 2.97. The van der Waals surface area contributed by atoms with Crippen LogP contribution in [0, 0.1) is 0 Å². The monoisotopic (exact) mass is 353 g/mol. The van der Waals surface area contributed by atoms with Crippen LogP contribution in [0.4, 0.5) is 0 Å². The van der Waals surface area contributed by atoms with Gasteiger partial charge in [0, 0.05) is 25.3 Å². The first-order valence-corrected chi connectivity index (χ1v) is 10.5. The van der Waals surface area contributed by atoms with Gasteiger partial charge in [0.2, 0.25) is 10.0 Å². The second kappa shape index (κ2) is 7.70. The van der Waals surface area contributed by atoms with Crippen LogP contribution in [-0.4, -0.2) is 42.7 Å². The van der Waals surface area contributed by atoms with E-state index in [1.807, 2.05) is 0 Å². The highest BCUT2D eigenvalue weighted by Crippen LogP contribution is 2.22. The van der Waals surface area contributed by atoms with Crippen LogP contribution in [0.2, 0.25) is 0 Å². The van der Waals surface area contributed by atoms with Crippen molar-refractivity contribution in [3.05, 3.63) is 18.0 Å². The summed E-state index contributed by atoms with van der Waals surface area (Å²) in [5.41, 5.74) is 0.329. The maximum Gasteiger partial charge on any atom is 0.267 e. The molecule has 1 aromatic heterocycles. The topological polar surface area (TPSA) is 82.3 Å². The highest BCUT2D eigenvalue weighted by molar-refractivity contribution is 7.89. The summed E-state index contributed by atoms with van der Waals surface area (Å²) in [7, 11) is -3.49. The van der Waals surface area contributed by atoms with Gasteiger partial charge in [0.25, 0.3) is 5.91 Å². The molecule has 0 spiro atoms. The standard InChI is InChI=1S/C17H27N3O3S/c21-17(19-14-8-4-1-2-5-9-14)16-12-15(13-18-16)24(22,23)20-10-6-3-7-11-20/h12-14,18H,1-11H2,(H,19,21). The Hall–Kier alpha value is -1.34. The molecule has 2 aliphatic rings. The number of H-pyrrole nitrogens is 1.